The Balaban J connectivity index is 2.58. The number of carbonyl (C=O) groups excluding carboxylic acids is 1. The van der Waals surface area contributed by atoms with E-state index in [1.165, 1.54) is 0 Å². The van der Waals surface area contributed by atoms with E-state index < -0.39 is 0 Å². The molecule has 2 rings (SSSR count). The van der Waals surface area contributed by atoms with Gasteiger partial charge in [0.2, 0.25) is 5.91 Å². The van der Waals surface area contributed by atoms with Gasteiger partial charge in [-0.05, 0) is 24.5 Å². The molecule has 0 aliphatic heterocycles. The Morgan fingerprint density at radius 1 is 1.47 bits per heavy atom. The minimum atomic E-state index is -0.332. The number of benzene rings is 1. The number of aromatic amines is 1. The third-order valence-corrected chi connectivity index (χ3v) is 2.97. The zero-order valence-corrected chi connectivity index (χ0v) is 9.79. The van der Waals surface area contributed by atoms with Crippen LogP contribution in [0.5, 0.6) is 0 Å². The largest absolute Gasteiger partial charge is 0.396 e. The van der Waals surface area contributed by atoms with Gasteiger partial charge in [-0.2, -0.15) is 0 Å². The van der Waals surface area contributed by atoms with Gasteiger partial charge in [-0.15, -0.1) is 0 Å². The van der Waals surface area contributed by atoms with Gasteiger partial charge in [0.15, 0.2) is 0 Å². The summed E-state index contributed by atoms with van der Waals surface area (Å²) in [4.78, 5) is 14.3. The summed E-state index contributed by atoms with van der Waals surface area (Å²) in [5.41, 5.74) is 9.22. The van der Waals surface area contributed by atoms with Crippen LogP contribution in [-0.4, -0.2) is 22.6 Å². The zero-order chi connectivity index (χ0) is 12.4. The Hall–Kier alpha value is -1.81. The van der Waals surface area contributed by atoms with Crippen molar-refractivity contribution in [3.63, 3.8) is 0 Å². The summed E-state index contributed by atoms with van der Waals surface area (Å²) in [7, 11) is 0. The lowest BCUT2D eigenvalue weighted by molar-refractivity contribution is -0.117. The number of H-pyrrole nitrogens is 1. The number of primary amides is 1. The van der Waals surface area contributed by atoms with Crippen LogP contribution in [0.15, 0.2) is 18.2 Å². The minimum Gasteiger partial charge on any atom is -0.396 e. The quantitative estimate of drug-likeness (QED) is 0.736. The second-order valence-corrected chi connectivity index (χ2v) is 4.18. The molecule has 0 saturated carbocycles. The number of aromatic nitrogens is 1. The van der Waals surface area contributed by atoms with E-state index in [2.05, 4.69) is 4.98 Å². The van der Waals surface area contributed by atoms with E-state index in [-0.39, 0.29) is 18.9 Å². The summed E-state index contributed by atoms with van der Waals surface area (Å²) in [5, 5.41) is 10.0. The van der Waals surface area contributed by atoms with Crippen molar-refractivity contribution < 1.29 is 9.90 Å². The molecule has 0 radical (unpaired) electrons. The molecule has 0 aliphatic rings. The molecule has 4 heteroatoms. The van der Waals surface area contributed by atoms with Crippen molar-refractivity contribution in [2.24, 2.45) is 5.73 Å². The number of hydrogen-bond donors (Lipinski definition) is 3. The van der Waals surface area contributed by atoms with Crippen LogP contribution in [0.3, 0.4) is 0 Å². The maximum Gasteiger partial charge on any atom is 0.221 e. The van der Waals surface area contributed by atoms with Gasteiger partial charge in [0.1, 0.15) is 0 Å². The predicted molar refractivity (Wildman–Crippen MR) is 66.7 cm³/mol. The Morgan fingerprint density at radius 2 is 2.24 bits per heavy atom. The number of aliphatic hydroxyl groups excluding tert-OH is 1. The highest BCUT2D eigenvalue weighted by Crippen LogP contribution is 2.25. The molecular weight excluding hydrogens is 216 g/mol. The maximum absolute atomic E-state index is 11.0. The number of hydrogen-bond acceptors (Lipinski definition) is 2. The molecule has 0 bridgehead atoms. The molecule has 4 N–H and O–H groups in total. The van der Waals surface area contributed by atoms with E-state index in [1.807, 2.05) is 25.1 Å². The Kier molecular flexibility index (Phi) is 3.15. The Morgan fingerprint density at radius 3 is 2.88 bits per heavy atom. The van der Waals surface area contributed by atoms with Crippen LogP contribution in [0, 0.1) is 6.92 Å². The molecular formula is C13H16N2O2. The molecule has 1 aromatic heterocycles. The van der Waals surface area contributed by atoms with E-state index >= 15 is 0 Å². The lowest BCUT2D eigenvalue weighted by Crippen LogP contribution is -2.13. The lowest BCUT2D eigenvalue weighted by Gasteiger charge is -2.01. The first-order valence-corrected chi connectivity index (χ1v) is 5.61. The number of amides is 1. The van der Waals surface area contributed by atoms with Crippen LogP contribution in [0.1, 0.15) is 16.8 Å². The molecule has 1 heterocycles. The number of carbonyl (C=O) groups is 1. The number of nitrogens with one attached hydrogen (secondary N) is 1. The summed E-state index contributed by atoms with van der Waals surface area (Å²) >= 11 is 0. The molecule has 4 nitrogen and oxygen atoms in total. The van der Waals surface area contributed by atoms with Crippen molar-refractivity contribution in [3.05, 3.63) is 35.0 Å². The van der Waals surface area contributed by atoms with Gasteiger partial charge in [0, 0.05) is 23.2 Å². The van der Waals surface area contributed by atoms with Gasteiger partial charge >= 0.3 is 0 Å². The third kappa shape index (κ3) is 2.17. The highest BCUT2D eigenvalue weighted by Gasteiger charge is 2.12. The lowest BCUT2D eigenvalue weighted by atomic mass is 10.0. The van der Waals surface area contributed by atoms with Crippen LogP contribution in [0.4, 0.5) is 0 Å². The fourth-order valence-corrected chi connectivity index (χ4v) is 2.19. The van der Waals surface area contributed by atoms with Gasteiger partial charge in [-0.25, -0.2) is 0 Å². The standard InChI is InChI=1S/C13H16N2O2/c1-8-11(7-12(14)17)10-4-2-3-9(5-6-16)13(10)15-8/h2-4,15-16H,5-7H2,1H3,(H2,14,17). The SMILES string of the molecule is Cc1[nH]c2c(CCO)cccc2c1CC(N)=O. The minimum absolute atomic E-state index is 0.113. The second-order valence-electron chi connectivity index (χ2n) is 4.18. The molecule has 90 valence electrons. The smallest absolute Gasteiger partial charge is 0.221 e. The van der Waals surface area contributed by atoms with Gasteiger partial charge in [-0.1, -0.05) is 18.2 Å². The number of nitrogens with two attached hydrogens (primary N) is 1. The normalized spacial score (nSPS) is 10.9. The van der Waals surface area contributed by atoms with Gasteiger partial charge < -0.3 is 15.8 Å². The Labute approximate surface area is 99.4 Å². The summed E-state index contributed by atoms with van der Waals surface area (Å²) in [6, 6.07) is 5.88. The van der Waals surface area contributed by atoms with Gasteiger partial charge in [-0.3, -0.25) is 4.79 Å². The van der Waals surface area contributed by atoms with E-state index in [1.54, 1.807) is 0 Å². The summed E-state index contributed by atoms with van der Waals surface area (Å²) in [5.74, 6) is -0.332. The number of rotatable bonds is 4. The first-order valence-electron chi connectivity index (χ1n) is 5.61. The number of fused-ring (bicyclic) bond motifs is 1. The van der Waals surface area contributed by atoms with Crippen molar-refractivity contribution in [3.8, 4) is 0 Å². The van der Waals surface area contributed by atoms with E-state index in [0.717, 1.165) is 27.7 Å². The van der Waals surface area contributed by atoms with Crippen molar-refractivity contribution in [1.82, 2.24) is 4.98 Å². The van der Waals surface area contributed by atoms with Crippen LogP contribution < -0.4 is 5.73 Å². The predicted octanol–water partition coefficient (Wildman–Crippen LogP) is 1.04. The monoisotopic (exact) mass is 232 g/mol. The summed E-state index contributed by atoms with van der Waals surface area (Å²) < 4.78 is 0. The highest BCUT2D eigenvalue weighted by atomic mass is 16.2. The van der Waals surface area contributed by atoms with Crippen LogP contribution in [0.2, 0.25) is 0 Å². The molecule has 17 heavy (non-hydrogen) atoms. The molecule has 0 unspecified atom stereocenters. The van der Waals surface area contributed by atoms with Crippen molar-refractivity contribution in [2.45, 2.75) is 19.8 Å². The average molecular weight is 232 g/mol. The summed E-state index contributed by atoms with van der Waals surface area (Å²) in [6.07, 6.45) is 0.849. The zero-order valence-electron chi connectivity index (χ0n) is 9.79. The molecule has 2 aromatic rings. The van der Waals surface area contributed by atoms with E-state index in [9.17, 15) is 4.79 Å². The van der Waals surface area contributed by atoms with Gasteiger partial charge in [0.05, 0.1) is 6.42 Å². The maximum atomic E-state index is 11.0. The first kappa shape index (κ1) is 11.7. The van der Waals surface area contributed by atoms with Crippen LogP contribution in [-0.2, 0) is 17.6 Å². The molecule has 1 amide bonds. The highest BCUT2D eigenvalue weighted by molar-refractivity contribution is 5.91. The molecule has 0 spiro atoms. The number of aryl methyl sites for hydroxylation is 1. The fourth-order valence-electron chi connectivity index (χ4n) is 2.19. The van der Waals surface area contributed by atoms with Crippen molar-refractivity contribution >= 4 is 16.8 Å². The Bertz CT molecular complexity index is 558. The fraction of sp³-hybridized carbons (Fsp3) is 0.308. The van der Waals surface area contributed by atoms with E-state index in [4.69, 9.17) is 10.8 Å². The van der Waals surface area contributed by atoms with Crippen LogP contribution >= 0.6 is 0 Å². The molecule has 1 aromatic carbocycles. The second kappa shape index (κ2) is 4.59. The molecule has 0 fully saturated rings. The van der Waals surface area contributed by atoms with Crippen molar-refractivity contribution in [2.75, 3.05) is 6.61 Å². The molecule has 0 aliphatic carbocycles. The number of para-hydroxylation sites is 1. The first-order chi connectivity index (χ1) is 8.13. The van der Waals surface area contributed by atoms with E-state index in [0.29, 0.717) is 6.42 Å². The average Bonchev–Trinajstić information content (AvgIpc) is 2.57. The van der Waals surface area contributed by atoms with Crippen LogP contribution in [0.25, 0.3) is 10.9 Å². The van der Waals surface area contributed by atoms with Crippen molar-refractivity contribution in [1.29, 1.82) is 0 Å². The molecule has 0 saturated heterocycles. The van der Waals surface area contributed by atoms with Gasteiger partial charge in [0.25, 0.3) is 0 Å². The number of aliphatic hydroxyl groups is 1. The molecule has 0 atom stereocenters. The summed E-state index contributed by atoms with van der Waals surface area (Å²) in [6.45, 7) is 2.04. The third-order valence-electron chi connectivity index (χ3n) is 2.97. The topological polar surface area (TPSA) is 79.1 Å².